The maximum absolute atomic E-state index is 13.4. The Hall–Kier alpha value is -2.10. The van der Waals surface area contributed by atoms with Gasteiger partial charge in [-0.25, -0.2) is 8.78 Å². The van der Waals surface area contributed by atoms with Crippen molar-refractivity contribution < 1.29 is 13.5 Å². The van der Waals surface area contributed by atoms with E-state index in [0.717, 1.165) is 36.3 Å². The van der Waals surface area contributed by atoms with Gasteiger partial charge in [0.15, 0.2) is 0 Å². The molecule has 112 valence electrons. The molecule has 2 rings (SSSR count). The van der Waals surface area contributed by atoms with E-state index >= 15 is 0 Å². The minimum atomic E-state index is -0.443. The molecule has 0 aliphatic rings. The molecule has 1 N–H and O–H groups in total. The summed E-state index contributed by atoms with van der Waals surface area (Å²) in [5, 5.41) is 2.89. The number of hydrogen-bond donors (Lipinski definition) is 1. The van der Waals surface area contributed by atoms with Gasteiger partial charge in [0.25, 0.3) is 0 Å². The highest BCUT2D eigenvalue weighted by Crippen LogP contribution is 2.17. The lowest BCUT2D eigenvalue weighted by Gasteiger charge is -2.10. The number of halogens is 2. The lowest BCUT2D eigenvalue weighted by atomic mass is 10.2. The molecule has 21 heavy (non-hydrogen) atoms. The largest absolute Gasteiger partial charge is 0.493 e. The summed E-state index contributed by atoms with van der Waals surface area (Å²) in [4.78, 5) is 0. The van der Waals surface area contributed by atoms with Gasteiger partial charge in [-0.2, -0.15) is 0 Å². The van der Waals surface area contributed by atoms with Gasteiger partial charge in [-0.3, -0.25) is 0 Å². The number of nitrogens with one attached hydrogen (secondary N) is 1. The third-order valence-electron chi connectivity index (χ3n) is 3.17. The van der Waals surface area contributed by atoms with Crippen molar-refractivity contribution in [1.82, 2.24) is 0 Å². The second kappa shape index (κ2) is 7.62. The Morgan fingerprint density at radius 1 is 1.05 bits per heavy atom. The van der Waals surface area contributed by atoms with Crippen LogP contribution in [0.15, 0.2) is 42.5 Å². The molecule has 0 aliphatic carbocycles. The van der Waals surface area contributed by atoms with E-state index in [-0.39, 0.29) is 5.69 Å². The van der Waals surface area contributed by atoms with E-state index in [0.29, 0.717) is 13.2 Å². The van der Waals surface area contributed by atoms with Crippen molar-refractivity contribution in [2.24, 2.45) is 0 Å². The SMILES string of the molecule is Cc1ccccc1OCCCCNc1cc(F)ccc1F. The lowest BCUT2D eigenvalue weighted by molar-refractivity contribution is 0.306. The first-order chi connectivity index (χ1) is 10.2. The van der Waals surface area contributed by atoms with Crippen LogP contribution in [0.4, 0.5) is 14.5 Å². The van der Waals surface area contributed by atoms with Crippen LogP contribution >= 0.6 is 0 Å². The topological polar surface area (TPSA) is 21.3 Å². The standard InChI is InChI=1S/C17H19F2NO/c1-13-6-2-3-7-17(13)21-11-5-4-10-20-16-12-14(18)8-9-15(16)19/h2-3,6-9,12,20H,4-5,10-11H2,1H3. The molecule has 0 spiro atoms. The van der Waals surface area contributed by atoms with E-state index in [9.17, 15) is 8.78 Å². The van der Waals surface area contributed by atoms with Crippen molar-refractivity contribution in [3.05, 3.63) is 59.7 Å². The monoisotopic (exact) mass is 291 g/mol. The zero-order chi connectivity index (χ0) is 15.1. The minimum absolute atomic E-state index is 0.204. The molecule has 2 aromatic rings. The minimum Gasteiger partial charge on any atom is -0.493 e. The molecule has 0 unspecified atom stereocenters. The first-order valence-electron chi connectivity index (χ1n) is 7.04. The van der Waals surface area contributed by atoms with Gasteiger partial charge in [-0.1, -0.05) is 18.2 Å². The molecule has 0 fully saturated rings. The number of unbranched alkanes of at least 4 members (excludes halogenated alkanes) is 1. The number of aryl methyl sites for hydroxylation is 1. The van der Waals surface area contributed by atoms with E-state index < -0.39 is 11.6 Å². The summed E-state index contributed by atoms with van der Waals surface area (Å²) in [6.07, 6.45) is 1.67. The molecule has 0 aliphatic heterocycles. The van der Waals surface area contributed by atoms with E-state index in [1.54, 1.807) is 0 Å². The van der Waals surface area contributed by atoms with Crippen LogP contribution in [0, 0.1) is 18.6 Å². The van der Waals surface area contributed by atoms with Crippen LogP contribution < -0.4 is 10.1 Å². The summed E-state index contributed by atoms with van der Waals surface area (Å²) in [6.45, 7) is 3.19. The van der Waals surface area contributed by atoms with Crippen LogP contribution in [0.5, 0.6) is 5.75 Å². The summed E-state index contributed by atoms with van der Waals surface area (Å²) < 4.78 is 32.0. The molecule has 0 radical (unpaired) electrons. The molecule has 0 heterocycles. The van der Waals surface area contributed by atoms with Crippen LogP contribution in [-0.4, -0.2) is 13.2 Å². The summed E-state index contributed by atoms with van der Waals surface area (Å²) in [7, 11) is 0. The molecular formula is C17H19F2NO. The van der Waals surface area contributed by atoms with Gasteiger partial charge < -0.3 is 10.1 Å². The third kappa shape index (κ3) is 4.74. The van der Waals surface area contributed by atoms with Crippen LogP contribution in [0.2, 0.25) is 0 Å². The second-order valence-electron chi connectivity index (χ2n) is 4.87. The number of rotatable bonds is 7. The molecule has 2 nitrogen and oxygen atoms in total. The van der Waals surface area contributed by atoms with Crippen LogP contribution in [0.3, 0.4) is 0 Å². The zero-order valence-corrected chi connectivity index (χ0v) is 12.0. The average Bonchev–Trinajstić information content (AvgIpc) is 2.48. The molecule has 0 saturated carbocycles. The van der Waals surface area contributed by atoms with Crippen molar-refractivity contribution in [2.45, 2.75) is 19.8 Å². The first-order valence-corrected chi connectivity index (χ1v) is 7.04. The van der Waals surface area contributed by atoms with Gasteiger partial charge in [0.1, 0.15) is 17.4 Å². The van der Waals surface area contributed by atoms with Gasteiger partial charge in [-0.05, 0) is 49.6 Å². The molecule has 0 aromatic heterocycles. The molecule has 0 amide bonds. The molecule has 0 saturated heterocycles. The number of hydrogen-bond acceptors (Lipinski definition) is 2. The summed E-state index contributed by atoms with van der Waals surface area (Å²) in [6, 6.07) is 11.3. The van der Waals surface area contributed by atoms with Gasteiger partial charge in [0.05, 0.1) is 12.3 Å². The third-order valence-corrected chi connectivity index (χ3v) is 3.17. The van der Waals surface area contributed by atoms with Gasteiger partial charge in [0.2, 0.25) is 0 Å². The highest BCUT2D eigenvalue weighted by atomic mass is 19.1. The summed E-state index contributed by atoms with van der Waals surface area (Å²) in [5.74, 6) is 0.0102. The van der Waals surface area contributed by atoms with Gasteiger partial charge >= 0.3 is 0 Å². The Balaban J connectivity index is 1.66. The van der Waals surface area contributed by atoms with Crippen LogP contribution in [-0.2, 0) is 0 Å². The number of anilines is 1. The zero-order valence-electron chi connectivity index (χ0n) is 12.0. The van der Waals surface area contributed by atoms with Gasteiger partial charge in [0, 0.05) is 6.54 Å². The van der Waals surface area contributed by atoms with Crippen LogP contribution in [0.25, 0.3) is 0 Å². The number of para-hydroxylation sites is 1. The fraction of sp³-hybridized carbons (Fsp3) is 0.294. The molecule has 0 bridgehead atoms. The van der Waals surface area contributed by atoms with Crippen LogP contribution in [0.1, 0.15) is 18.4 Å². The first kappa shape index (κ1) is 15.3. The molecule has 4 heteroatoms. The molecular weight excluding hydrogens is 272 g/mol. The van der Waals surface area contributed by atoms with E-state index in [4.69, 9.17) is 4.74 Å². The highest BCUT2D eigenvalue weighted by Gasteiger charge is 2.02. The average molecular weight is 291 g/mol. The summed E-state index contributed by atoms with van der Waals surface area (Å²) >= 11 is 0. The predicted octanol–water partition coefficient (Wildman–Crippen LogP) is 4.54. The maximum Gasteiger partial charge on any atom is 0.146 e. The predicted molar refractivity (Wildman–Crippen MR) is 80.8 cm³/mol. The van der Waals surface area contributed by atoms with Crippen molar-refractivity contribution in [3.63, 3.8) is 0 Å². The second-order valence-corrected chi connectivity index (χ2v) is 4.87. The normalized spacial score (nSPS) is 10.4. The summed E-state index contributed by atoms with van der Waals surface area (Å²) in [5.41, 5.74) is 1.31. The molecule has 0 atom stereocenters. The van der Waals surface area contributed by atoms with Crippen molar-refractivity contribution >= 4 is 5.69 Å². The van der Waals surface area contributed by atoms with Crippen molar-refractivity contribution in [3.8, 4) is 5.75 Å². The maximum atomic E-state index is 13.4. The Bertz CT molecular complexity index is 587. The van der Waals surface area contributed by atoms with E-state index in [1.165, 1.54) is 6.07 Å². The Kier molecular flexibility index (Phi) is 5.55. The highest BCUT2D eigenvalue weighted by molar-refractivity contribution is 5.44. The van der Waals surface area contributed by atoms with Crippen molar-refractivity contribution in [1.29, 1.82) is 0 Å². The Labute approximate surface area is 123 Å². The lowest BCUT2D eigenvalue weighted by Crippen LogP contribution is -2.06. The fourth-order valence-corrected chi connectivity index (χ4v) is 1.98. The van der Waals surface area contributed by atoms with E-state index in [2.05, 4.69) is 5.32 Å². The molecule has 2 aromatic carbocycles. The van der Waals surface area contributed by atoms with Crippen molar-refractivity contribution in [2.75, 3.05) is 18.5 Å². The number of benzene rings is 2. The fourth-order valence-electron chi connectivity index (χ4n) is 1.98. The Morgan fingerprint density at radius 3 is 2.67 bits per heavy atom. The number of ether oxygens (including phenoxy) is 1. The van der Waals surface area contributed by atoms with Gasteiger partial charge in [-0.15, -0.1) is 0 Å². The quantitative estimate of drug-likeness (QED) is 0.756. The Morgan fingerprint density at radius 2 is 1.86 bits per heavy atom. The van der Waals surface area contributed by atoms with E-state index in [1.807, 2.05) is 31.2 Å². The smallest absolute Gasteiger partial charge is 0.146 e.